The summed E-state index contributed by atoms with van der Waals surface area (Å²) in [6, 6.07) is 41.7. The summed E-state index contributed by atoms with van der Waals surface area (Å²) in [4.78, 5) is 0. The molecular weight excluding hydrogens is 490 g/mol. The van der Waals surface area contributed by atoms with Crippen LogP contribution in [0.15, 0.2) is 120 Å². The van der Waals surface area contributed by atoms with Crippen LogP contribution in [0.2, 0.25) is 0 Å². The molecule has 0 aliphatic carbocycles. The number of rotatable bonds is 0. The first-order valence-corrected chi connectivity index (χ1v) is 13.7. The standard InChI is InChI=1S/C36H19N3O/c1-4-14-26-20(9-1)22-11-7-16-28-33(22)39(26)36-32-23-12-8-18-31-34(23)38(27-15-5-6-17-30(27)40-31)29(32)19-24-21-10-2-3-13-25(21)37(28)35(24)36/h1-19H. The van der Waals surface area contributed by atoms with Crippen molar-refractivity contribution in [2.45, 2.75) is 0 Å². The third-order valence-electron chi connectivity index (χ3n) is 9.11. The summed E-state index contributed by atoms with van der Waals surface area (Å²) in [7, 11) is 0. The highest BCUT2D eigenvalue weighted by Gasteiger charge is 2.26. The molecule has 0 aliphatic rings. The van der Waals surface area contributed by atoms with Crippen molar-refractivity contribution in [1.82, 2.24) is 13.2 Å². The summed E-state index contributed by atoms with van der Waals surface area (Å²) < 4.78 is 13.9. The molecule has 40 heavy (non-hydrogen) atoms. The molecule has 0 radical (unpaired) electrons. The summed E-state index contributed by atoms with van der Waals surface area (Å²) in [5, 5.41) is 7.56. The van der Waals surface area contributed by atoms with Gasteiger partial charge in [-0.3, -0.25) is 0 Å². The zero-order chi connectivity index (χ0) is 25.7. The molecule has 0 spiro atoms. The van der Waals surface area contributed by atoms with Crippen LogP contribution in [-0.2, 0) is 0 Å². The number of aromatic nitrogens is 3. The number of para-hydroxylation sites is 6. The molecule has 11 rings (SSSR count). The lowest BCUT2D eigenvalue weighted by molar-refractivity contribution is 0.656. The van der Waals surface area contributed by atoms with Gasteiger partial charge in [-0.05, 0) is 42.5 Å². The molecule has 0 unspecified atom stereocenters. The van der Waals surface area contributed by atoms with E-state index in [1.165, 1.54) is 70.9 Å². The number of hydrogen-bond donors (Lipinski definition) is 0. The van der Waals surface area contributed by atoms with Gasteiger partial charge in [-0.1, -0.05) is 72.8 Å². The van der Waals surface area contributed by atoms with Gasteiger partial charge in [-0.25, -0.2) is 0 Å². The molecule has 0 saturated heterocycles. The van der Waals surface area contributed by atoms with E-state index in [-0.39, 0.29) is 0 Å². The molecule has 184 valence electrons. The predicted octanol–water partition coefficient (Wildman–Crippen LogP) is 9.55. The summed E-state index contributed by atoms with van der Waals surface area (Å²) in [6.07, 6.45) is 0. The average molecular weight is 510 g/mol. The molecular formula is C36H19N3O. The van der Waals surface area contributed by atoms with Crippen LogP contribution >= 0.6 is 0 Å². The Morgan fingerprint density at radius 2 is 0.950 bits per heavy atom. The van der Waals surface area contributed by atoms with Crippen molar-refractivity contribution in [1.29, 1.82) is 0 Å². The second-order valence-electron chi connectivity index (χ2n) is 11.0. The van der Waals surface area contributed by atoms with Crippen LogP contribution in [0, 0.1) is 0 Å². The Hall–Kier alpha value is -5.48. The number of benzene rings is 6. The zero-order valence-electron chi connectivity index (χ0n) is 21.2. The van der Waals surface area contributed by atoms with Gasteiger partial charge in [0.1, 0.15) is 0 Å². The van der Waals surface area contributed by atoms with E-state index in [0.717, 1.165) is 22.2 Å². The van der Waals surface area contributed by atoms with E-state index in [4.69, 9.17) is 4.42 Å². The van der Waals surface area contributed by atoms with E-state index in [2.05, 4.69) is 122 Å². The maximum absolute atomic E-state index is 6.48. The highest BCUT2D eigenvalue weighted by Crippen LogP contribution is 2.46. The molecule has 6 aromatic carbocycles. The van der Waals surface area contributed by atoms with E-state index >= 15 is 0 Å². The van der Waals surface area contributed by atoms with E-state index in [1.54, 1.807) is 0 Å². The largest absolute Gasteiger partial charge is 0.453 e. The third kappa shape index (κ3) is 1.99. The van der Waals surface area contributed by atoms with E-state index in [0.29, 0.717) is 0 Å². The molecule has 0 saturated carbocycles. The molecule has 11 aromatic rings. The monoisotopic (exact) mass is 509 g/mol. The summed E-state index contributed by atoms with van der Waals surface area (Å²) in [5.74, 6) is 0. The number of hydrogen-bond acceptors (Lipinski definition) is 1. The normalized spacial score (nSPS) is 13.0. The van der Waals surface area contributed by atoms with Crippen molar-refractivity contribution in [2.75, 3.05) is 0 Å². The summed E-state index contributed by atoms with van der Waals surface area (Å²) >= 11 is 0. The van der Waals surface area contributed by atoms with Gasteiger partial charge < -0.3 is 17.6 Å². The highest BCUT2D eigenvalue weighted by molar-refractivity contribution is 6.32. The molecule has 4 heteroatoms. The second-order valence-corrected chi connectivity index (χ2v) is 11.0. The van der Waals surface area contributed by atoms with E-state index in [1.807, 2.05) is 6.07 Å². The predicted molar refractivity (Wildman–Crippen MR) is 165 cm³/mol. The molecule has 0 fully saturated rings. The molecule has 0 N–H and O–H groups in total. The Balaban J connectivity index is 1.63. The quantitative estimate of drug-likeness (QED) is 0.187. The summed E-state index contributed by atoms with van der Waals surface area (Å²) in [5.41, 5.74) is 12.7. The molecule has 0 atom stereocenters. The Bertz CT molecular complexity index is 2870. The van der Waals surface area contributed by atoms with Crippen LogP contribution < -0.4 is 0 Å². The smallest absolute Gasteiger partial charge is 0.152 e. The fourth-order valence-corrected chi connectivity index (χ4v) is 7.67. The van der Waals surface area contributed by atoms with Gasteiger partial charge >= 0.3 is 0 Å². The minimum Gasteiger partial charge on any atom is -0.453 e. The summed E-state index contributed by atoms with van der Waals surface area (Å²) in [6.45, 7) is 0. The second kappa shape index (κ2) is 6.38. The zero-order valence-corrected chi connectivity index (χ0v) is 21.2. The van der Waals surface area contributed by atoms with Crippen molar-refractivity contribution in [3.05, 3.63) is 115 Å². The Labute approximate surface area is 225 Å². The molecule has 0 aliphatic heterocycles. The third-order valence-corrected chi connectivity index (χ3v) is 9.11. The van der Waals surface area contributed by atoms with Crippen molar-refractivity contribution >= 4 is 93.1 Å². The first-order chi connectivity index (χ1) is 19.9. The van der Waals surface area contributed by atoms with E-state index in [9.17, 15) is 0 Å². The molecule has 5 heterocycles. The number of fused-ring (bicyclic) bond motifs is 14. The van der Waals surface area contributed by atoms with Gasteiger partial charge in [0.15, 0.2) is 11.2 Å². The van der Waals surface area contributed by atoms with Crippen LogP contribution in [0.3, 0.4) is 0 Å². The van der Waals surface area contributed by atoms with Crippen LogP contribution in [0.4, 0.5) is 0 Å². The minimum absolute atomic E-state index is 0.885. The van der Waals surface area contributed by atoms with Gasteiger partial charge in [0, 0.05) is 32.3 Å². The average Bonchev–Trinajstić information content (AvgIpc) is 3.64. The Kier molecular flexibility index (Phi) is 3.12. The van der Waals surface area contributed by atoms with Crippen LogP contribution in [0.25, 0.3) is 93.1 Å². The van der Waals surface area contributed by atoms with Crippen molar-refractivity contribution < 1.29 is 4.42 Å². The van der Waals surface area contributed by atoms with Crippen molar-refractivity contribution in [3.8, 4) is 0 Å². The SMILES string of the molecule is c1ccc2c(c1)oc1cccc3c4c(cc5c6ccccc6n6c7cccc8c9ccccc9n(c87)c4c56)n2c13. The lowest BCUT2D eigenvalue weighted by Gasteiger charge is -2.13. The van der Waals surface area contributed by atoms with Crippen molar-refractivity contribution in [3.63, 3.8) is 0 Å². The van der Waals surface area contributed by atoms with Crippen LogP contribution in [0.1, 0.15) is 0 Å². The maximum Gasteiger partial charge on any atom is 0.152 e. The lowest BCUT2D eigenvalue weighted by Crippen LogP contribution is -1.98. The van der Waals surface area contributed by atoms with Gasteiger partial charge in [-0.15, -0.1) is 0 Å². The van der Waals surface area contributed by atoms with Gasteiger partial charge in [-0.2, -0.15) is 0 Å². The number of nitrogens with zero attached hydrogens (tertiary/aromatic N) is 3. The van der Waals surface area contributed by atoms with E-state index < -0.39 is 0 Å². The fraction of sp³-hybridized carbons (Fsp3) is 0. The van der Waals surface area contributed by atoms with Crippen molar-refractivity contribution in [2.24, 2.45) is 0 Å². The molecule has 4 nitrogen and oxygen atoms in total. The topological polar surface area (TPSA) is 26.4 Å². The van der Waals surface area contributed by atoms with Gasteiger partial charge in [0.05, 0.1) is 49.7 Å². The van der Waals surface area contributed by atoms with Crippen LogP contribution in [0.5, 0.6) is 0 Å². The highest BCUT2D eigenvalue weighted by atomic mass is 16.3. The Morgan fingerprint density at radius 1 is 0.350 bits per heavy atom. The van der Waals surface area contributed by atoms with Crippen LogP contribution in [-0.4, -0.2) is 13.2 Å². The Morgan fingerprint density at radius 3 is 1.82 bits per heavy atom. The van der Waals surface area contributed by atoms with Gasteiger partial charge in [0.25, 0.3) is 0 Å². The molecule has 0 bridgehead atoms. The minimum atomic E-state index is 0.885. The maximum atomic E-state index is 6.48. The first-order valence-electron chi connectivity index (χ1n) is 13.7. The first kappa shape index (κ1) is 19.6. The van der Waals surface area contributed by atoms with Gasteiger partial charge in [0.2, 0.25) is 0 Å². The lowest BCUT2D eigenvalue weighted by atomic mass is 10.1. The fourth-order valence-electron chi connectivity index (χ4n) is 7.67. The molecule has 5 aromatic heterocycles. The molecule has 0 amide bonds.